The maximum absolute atomic E-state index is 14.1. The quantitative estimate of drug-likeness (QED) is 0.413. The zero-order valence-electron chi connectivity index (χ0n) is 16.8. The Bertz CT molecular complexity index is 1020. The molecule has 0 aliphatic carbocycles. The molecule has 1 atom stereocenters. The van der Waals surface area contributed by atoms with Gasteiger partial charge in [0.05, 0.1) is 5.71 Å². The van der Waals surface area contributed by atoms with Crippen molar-refractivity contribution in [1.82, 2.24) is 0 Å². The Morgan fingerprint density at radius 1 is 1.23 bits per heavy atom. The van der Waals surface area contributed by atoms with E-state index in [-0.39, 0.29) is 16.3 Å². The highest BCUT2D eigenvalue weighted by molar-refractivity contribution is 14.1. The summed E-state index contributed by atoms with van der Waals surface area (Å²) in [5.74, 6) is 0. The molecule has 31 heavy (non-hydrogen) atoms. The van der Waals surface area contributed by atoms with Gasteiger partial charge in [-0.25, -0.2) is 4.79 Å². The fourth-order valence-electron chi connectivity index (χ4n) is 3.04. The van der Waals surface area contributed by atoms with Gasteiger partial charge in [0.1, 0.15) is 5.60 Å². The molecule has 166 valence electrons. The molecule has 2 aromatic carbocycles. The van der Waals surface area contributed by atoms with E-state index in [1.54, 1.807) is 45.0 Å². The number of carbonyl (C=O) groups excluding carboxylic acids is 1. The molecule has 1 unspecified atom stereocenters. The van der Waals surface area contributed by atoms with Crippen molar-refractivity contribution in [2.45, 2.75) is 44.6 Å². The van der Waals surface area contributed by atoms with E-state index in [1.807, 2.05) is 22.6 Å². The highest BCUT2D eigenvalue weighted by atomic mass is 127. The monoisotopic (exact) mass is 566 g/mol. The van der Waals surface area contributed by atoms with Gasteiger partial charge >= 0.3 is 12.3 Å². The van der Waals surface area contributed by atoms with Gasteiger partial charge in [0.15, 0.2) is 0 Å². The molecule has 0 spiro atoms. The first-order valence-electron chi connectivity index (χ1n) is 9.18. The van der Waals surface area contributed by atoms with Crippen LogP contribution in [0.1, 0.15) is 38.3 Å². The van der Waals surface area contributed by atoms with Crippen molar-refractivity contribution in [3.63, 3.8) is 0 Å². The third-order valence-corrected chi connectivity index (χ3v) is 5.20. The largest absolute Gasteiger partial charge is 0.444 e. The number of amides is 1. The zero-order chi connectivity index (χ0) is 23.0. The first-order valence-corrected chi connectivity index (χ1v) is 10.6. The maximum Gasteiger partial charge on any atom is 0.435 e. The second kappa shape index (κ2) is 8.50. The van der Waals surface area contributed by atoms with Crippen LogP contribution in [0.2, 0.25) is 5.02 Å². The number of hydrogen-bond acceptors (Lipinski definition) is 4. The third kappa shape index (κ3) is 5.43. The minimum absolute atomic E-state index is 0.0974. The van der Waals surface area contributed by atoms with Gasteiger partial charge < -0.3 is 9.57 Å². The number of benzene rings is 2. The van der Waals surface area contributed by atoms with Crippen LogP contribution in [-0.4, -0.2) is 23.6 Å². The van der Waals surface area contributed by atoms with Crippen LogP contribution >= 0.6 is 34.2 Å². The van der Waals surface area contributed by atoms with Crippen molar-refractivity contribution in [2.75, 3.05) is 5.32 Å². The molecule has 1 heterocycles. The van der Waals surface area contributed by atoms with Crippen molar-refractivity contribution < 1.29 is 27.5 Å². The summed E-state index contributed by atoms with van der Waals surface area (Å²) in [5.41, 5.74) is -2.63. The number of oxime groups is 1. The van der Waals surface area contributed by atoms with E-state index in [2.05, 4.69) is 10.5 Å². The molecule has 0 fully saturated rings. The van der Waals surface area contributed by atoms with Gasteiger partial charge in [0.25, 0.3) is 5.60 Å². The molecular weight excluding hydrogens is 548 g/mol. The number of nitrogens with zero attached hydrogens (tertiary/aromatic N) is 1. The molecule has 0 saturated heterocycles. The molecule has 0 radical (unpaired) electrons. The summed E-state index contributed by atoms with van der Waals surface area (Å²) < 4.78 is 48.2. The van der Waals surface area contributed by atoms with Crippen molar-refractivity contribution in [1.29, 1.82) is 0 Å². The molecule has 5 nitrogen and oxygen atoms in total. The number of anilines is 1. The Hall–Kier alpha value is -2.01. The van der Waals surface area contributed by atoms with E-state index in [0.717, 1.165) is 0 Å². The summed E-state index contributed by atoms with van der Waals surface area (Å²) in [7, 11) is 0. The molecule has 10 heteroatoms. The zero-order valence-corrected chi connectivity index (χ0v) is 19.7. The number of ether oxygens (including phenoxy) is 1. The predicted octanol–water partition coefficient (Wildman–Crippen LogP) is 6.87. The van der Waals surface area contributed by atoms with Gasteiger partial charge in [-0.3, -0.25) is 5.32 Å². The Labute approximate surface area is 196 Å². The van der Waals surface area contributed by atoms with Crippen LogP contribution in [0, 0.1) is 3.57 Å². The van der Waals surface area contributed by atoms with Gasteiger partial charge in [-0.05, 0) is 73.7 Å². The lowest BCUT2D eigenvalue weighted by molar-refractivity contribution is -0.275. The highest BCUT2D eigenvalue weighted by Gasteiger charge is 2.62. The Morgan fingerprint density at radius 2 is 1.94 bits per heavy atom. The van der Waals surface area contributed by atoms with Gasteiger partial charge in [-0.1, -0.05) is 28.9 Å². The molecular formula is C21H19ClF3IN2O3. The number of hydrogen-bond donors (Lipinski definition) is 1. The standard InChI is InChI=1S/C21H19ClF3IN2O3/c1-19(2,3)30-18(29)27-16-6-4-5-12(7-16)17-11-20(31-28-17,21(23,24)25)13-8-14(22)10-15(26)9-13/h4-10H,11H2,1-3H3,(H,27,29). The van der Waals surface area contributed by atoms with E-state index in [9.17, 15) is 18.0 Å². The Balaban J connectivity index is 1.88. The predicted molar refractivity (Wildman–Crippen MR) is 120 cm³/mol. The molecule has 1 aliphatic heterocycles. The molecule has 0 bridgehead atoms. The molecule has 2 aromatic rings. The molecule has 0 saturated carbocycles. The first-order chi connectivity index (χ1) is 14.3. The van der Waals surface area contributed by atoms with Crippen molar-refractivity contribution >= 4 is 51.7 Å². The van der Waals surface area contributed by atoms with Crippen LogP contribution in [0.3, 0.4) is 0 Å². The summed E-state index contributed by atoms with van der Waals surface area (Å²) in [4.78, 5) is 17.0. The SMILES string of the molecule is CC(C)(C)OC(=O)Nc1cccc(C2=NOC(c3cc(Cl)cc(I)c3)(C(F)(F)F)C2)c1. The maximum atomic E-state index is 14.1. The highest BCUT2D eigenvalue weighted by Crippen LogP contribution is 2.49. The van der Waals surface area contributed by atoms with Crippen molar-refractivity contribution in [2.24, 2.45) is 5.16 Å². The van der Waals surface area contributed by atoms with Gasteiger partial charge in [-0.15, -0.1) is 0 Å². The van der Waals surface area contributed by atoms with Crippen LogP contribution in [-0.2, 0) is 15.2 Å². The molecule has 0 aromatic heterocycles. The van der Waals surface area contributed by atoms with Gasteiger partial charge in [-0.2, -0.15) is 13.2 Å². The normalized spacial score (nSPS) is 18.9. The van der Waals surface area contributed by atoms with Gasteiger partial charge in [0, 0.05) is 31.8 Å². The fourth-order valence-corrected chi connectivity index (χ4v) is 4.13. The molecule has 1 aliphatic rings. The van der Waals surface area contributed by atoms with Crippen LogP contribution < -0.4 is 5.32 Å². The topological polar surface area (TPSA) is 59.9 Å². The van der Waals surface area contributed by atoms with Crippen LogP contribution in [0.5, 0.6) is 0 Å². The van der Waals surface area contributed by atoms with Crippen molar-refractivity contribution in [3.05, 3.63) is 62.2 Å². The average molecular weight is 567 g/mol. The fraction of sp³-hybridized carbons (Fsp3) is 0.333. The summed E-state index contributed by atoms with van der Waals surface area (Å²) in [5, 5.41) is 6.48. The molecule has 3 rings (SSSR count). The average Bonchev–Trinajstić information content (AvgIpc) is 3.06. The lowest BCUT2D eigenvalue weighted by Gasteiger charge is -2.29. The smallest absolute Gasteiger partial charge is 0.435 e. The summed E-state index contributed by atoms with van der Waals surface area (Å²) in [6.07, 6.45) is -5.95. The Kier molecular flexibility index (Phi) is 6.48. The molecule has 1 amide bonds. The first kappa shape index (κ1) is 23.6. The number of nitrogens with one attached hydrogen (secondary N) is 1. The van der Waals surface area contributed by atoms with Crippen LogP contribution in [0.4, 0.5) is 23.7 Å². The van der Waals surface area contributed by atoms with E-state index in [0.29, 0.717) is 14.8 Å². The van der Waals surface area contributed by atoms with Crippen LogP contribution in [0.15, 0.2) is 47.6 Å². The summed E-state index contributed by atoms with van der Waals surface area (Å²) in [6, 6.07) is 10.5. The third-order valence-electron chi connectivity index (χ3n) is 4.36. The van der Waals surface area contributed by atoms with Gasteiger partial charge in [0.2, 0.25) is 0 Å². The number of carbonyl (C=O) groups is 1. The summed E-state index contributed by atoms with van der Waals surface area (Å²) >= 11 is 7.89. The lowest BCUT2D eigenvalue weighted by Crippen LogP contribution is -2.42. The minimum Gasteiger partial charge on any atom is -0.444 e. The molecule has 1 N–H and O–H groups in total. The van der Waals surface area contributed by atoms with E-state index in [4.69, 9.17) is 21.2 Å². The lowest BCUT2D eigenvalue weighted by atomic mass is 9.86. The number of halogens is 5. The van der Waals surface area contributed by atoms with E-state index < -0.39 is 29.9 Å². The number of rotatable bonds is 3. The van der Waals surface area contributed by atoms with E-state index in [1.165, 1.54) is 18.2 Å². The Morgan fingerprint density at radius 3 is 2.55 bits per heavy atom. The van der Waals surface area contributed by atoms with E-state index >= 15 is 0 Å². The minimum atomic E-state index is -4.74. The number of alkyl halides is 3. The van der Waals surface area contributed by atoms with Crippen molar-refractivity contribution in [3.8, 4) is 0 Å². The second-order valence-electron chi connectivity index (χ2n) is 8.00. The van der Waals surface area contributed by atoms with Crippen LogP contribution in [0.25, 0.3) is 0 Å². The second-order valence-corrected chi connectivity index (χ2v) is 9.68. The summed E-state index contributed by atoms with van der Waals surface area (Å²) in [6.45, 7) is 5.17.